The Balaban J connectivity index is 3.71. The van der Waals surface area contributed by atoms with Gasteiger partial charge in [0.05, 0.1) is 10.8 Å². The fraction of sp³-hybridized carbons (Fsp3) is 0.857. The third-order valence-electron chi connectivity index (χ3n) is 3.51. The van der Waals surface area contributed by atoms with Gasteiger partial charge in [-0.3, -0.25) is 9.59 Å². The molecular weight excluding hydrogens is 232 g/mol. The van der Waals surface area contributed by atoms with E-state index in [-0.39, 0.29) is 0 Å². The molecule has 0 amide bonds. The van der Waals surface area contributed by atoms with Gasteiger partial charge in [0.15, 0.2) is 0 Å². The van der Waals surface area contributed by atoms with E-state index in [0.717, 1.165) is 25.7 Å². The second kappa shape index (κ2) is 6.76. The molecule has 0 aliphatic heterocycles. The maximum atomic E-state index is 10.9. The molecule has 18 heavy (non-hydrogen) atoms. The molecule has 0 aliphatic rings. The van der Waals surface area contributed by atoms with Gasteiger partial charge >= 0.3 is 11.9 Å². The van der Waals surface area contributed by atoms with Crippen molar-refractivity contribution in [2.75, 3.05) is 0 Å². The second-order valence-corrected chi connectivity index (χ2v) is 6.29. The molecule has 0 rings (SSSR count). The van der Waals surface area contributed by atoms with Gasteiger partial charge in [0.1, 0.15) is 0 Å². The summed E-state index contributed by atoms with van der Waals surface area (Å²) in [4.78, 5) is 21.8. The Morgan fingerprint density at radius 1 is 0.722 bits per heavy atom. The summed E-state index contributed by atoms with van der Waals surface area (Å²) < 4.78 is 0. The highest BCUT2D eigenvalue weighted by atomic mass is 16.4. The number of carboxylic acids is 2. The number of rotatable bonds is 9. The van der Waals surface area contributed by atoms with Gasteiger partial charge in [0.25, 0.3) is 0 Å². The van der Waals surface area contributed by atoms with Gasteiger partial charge in [0, 0.05) is 0 Å². The Bertz CT molecular complexity index is 262. The van der Waals surface area contributed by atoms with Crippen LogP contribution in [-0.4, -0.2) is 22.2 Å². The van der Waals surface area contributed by atoms with Crippen LogP contribution in [0.1, 0.15) is 66.2 Å². The summed E-state index contributed by atoms with van der Waals surface area (Å²) in [6.45, 7) is 6.96. The third kappa shape index (κ3) is 6.03. The van der Waals surface area contributed by atoms with Gasteiger partial charge in [-0.25, -0.2) is 0 Å². The average molecular weight is 258 g/mol. The van der Waals surface area contributed by atoms with Crippen molar-refractivity contribution >= 4 is 11.9 Å². The van der Waals surface area contributed by atoms with Crippen LogP contribution in [0.5, 0.6) is 0 Å². The summed E-state index contributed by atoms with van der Waals surface area (Å²) in [5.41, 5.74) is -1.30. The minimum absolute atomic E-state index is 0.652. The first-order valence-electron chi connectivity index (χ1n) is 6.56. The van der Waals surface area contributed by atoms with E-state index in [1.165, 1.54) is 0 Å². The highest BCUT2D eigenvalue weighted by Gasteiger charge is 2.27. The molecule has 0 heterocycles. The molecule has 0 bridgehead atoms. The van der Waals surface area contributed by atoms with Gasteiger partial charge in [-0.2, -0.15) is 0 Å². The predicted octanol–water partition coefficient (Wildman–Crippen LogP) is 3.55. The Morgan fingerprint density at radius 2 is 1.00 bits per heavy atom. The molecule has 0 saturated carbocycles. The van der Waals surface area contributed by atoms with Crippen LogP contribution in [0, 0.1) is 10.8 Å². The van der Waals surface area contributed by atoms with Crippen LogP contribution in [0.3, 0.4) is 0 Å². The monoisotopic (exact) mass is 258 g/mol. The van der Waals surface area contributed by atoms with Crippen molar-refractivity contribution in [2.45, 2.75) is 66.2 Å². The molecule has 0 aromatic rings. The van der Waals surface area contributed by atoms with Crippen LogP contribution >= 0.6 is 0 Å². The quantitative estimate of drug-likeness (QED) is 0.620. The first kappa shape index (κ1) is 16.9. The number of hydrogen-bond donors (Lipinski definition) is 2. The average Bonchev–Trinajstić information content (AvgIpc) is 2.22. The van der Waals surface area contributed by atoms with Crippen molar-refractivity contribution in [3.8, 4) is 0 Å². The first-order valence-corrected chi connectivity index (χ1v) is 6.56. The standard InChI is InChI=1S/C14H26O4/c1-13(2,11(15)16)9-7-5-6-8-10-14(3,4)12(17)18/h5-10H2,1-4H3,(H,15,16)(H,17,18). The molecule has 2 N–H and O–H groups in total. The summed E-state index contributed by atoms with van der Waals surface area (Å²) >= 11 is 0. The summed E-state index contributed by atoms with van der Waals surface area (Å²) in [7, 11) is 0. The molecule has 0 spiro atoms. The van der Waals surface area contributed by atoms with Gasteiger partial charge in [0.2, 0.25) is 0 Å². The summed E-state index contributed by atoms with van der Waals surface area (Å²) in [6, 6.07) is 0. The highest BCUT2D eigenvalue weighted by molar-refractivity contribution is 5.73. The molecule has 4 heteroatoms. The number of hydrogen-bond acceptors (Lipinski definition) is 2. The van der Waals surface area contributed by atoms with E-state index >= 15 is 0 Å². The minimum atomic E-state index is -0.755. The summed E-state index contributed by atoms with van der Waals surface area (Å²) in [6.07, 6.45) is 5.04. The Morgan fingerprint density at radius 3 is 1.22 bits per heavy atom. The lowest BCUT2D eigenvalue weighted by molar-refractivity contribution is -0.148. The van der Waals surface area contributed by atoms with E-state index in [9.17, 15) is 9.59 Å². The van der Waals surface area contributed by atoms with E-state index in [4.69, 9.17) is 10.2 Å². The first-order chi connectivity index (χ1) is 8.09. The zero-order valence-electron chi connectivity index (χ0n) is 12.0. The maximum absolute atomic E-state index is 10.9. The fourth-order valence-electron chi connectivity index (χ4n) is 1.70. The van der Waals surface area contributed by atoms with E-state index in [1.54, 1.807) is 27.7 Å². The molecule has 0 saturated heterocycles. The molecule has 0 radical (unpaired) electrons. The smallest absolute Gasteiger partial charge is 0.309 e. The van der Waals surface area contributed by atoms with Crippen LogP contribution in [0.25, 0.3) is 0 Å². The lowest BCUT2D eigenvalue weighted by Crippen LogP contribution is -2.23. The number of carbonyl (C=O) groups is 2. The van der Waals surface area contributed by atoms with Crippen LogP contribution in [0.2, 0.25) is 0 Å². The van der Waals surface area contributed by atoms with Gasteiger partial charge in [-0.15, -0.1) is 0 Å². The van der Waals surface area contributed by atoms with Crippen molar-refractivity contribution in [1.29, 1.82) is 0 Å². The van der Waals surface area contributed by atoms with E-state index in [2.05, 4.69) is 0 Å². The largest absolute Gasteiger partial charge is 0.481 e. The molecule has 0 aromatic heterocycles. The predicted molar refractivity (Wildman–Crippen MR) is 70.5 cm³/mol. The van der Waals surface area contributed by atoms with Gasteiger partial charge < -0.3 is 10.2 Å². The molecule has 0 aliphatic carbocycles. The third-order valence-corrected chi connectivity index (χ3v) is 3.51. The molecule has 0 aromatic carbocycles. The van der Waals surface area contributed by atoms with Crippen LogP contribution in [0.15, 0.2) is 0 Å². The number of aliphatic carboxylic acids is 2. The second-order valence-electron chi connectivity index (χ2n) is 6.29. The summed E-state index contributed by atoms with van der Waals surface area (Å²) in [5.74, 6) is -1.51. The fourth-order valence-corrected chi connectivity index (χ4v) is 1.70. The molecular formula is C14H26O4. The van der Waals surface area contributed by atoms with Crippen molar-refractivity contribution < 1.29 is 19.8 Å². The molecule has 4 nitrogen and oxygen atoms in total. The number of unbranched alkanes of at least 4 members (excludes halogenated alkanes) is 3. The van der Waals surface area contributed by atoms with Crippen molar-refractivity contribution in [3.05, 3.63) is 0 Å². The van der Waals surface area contributed by atoms with E-state index < -0.39 is 22.8 Å². The van der Waals surface area contributed by atoms with Gasteiger partial charge in [-0.1, -0.05) is 25.7 Å². The highest BCUT2D eigenvalue weighted by Crippen LogP contribution is 2.26. The SMILES string of the molecule is CC(C)(CCCCCCC(C)(C)C(=O)O)C(=O)O. The maximum Gasteiger partial charge on any atom is 0.309 e. The van der Waals surface area contributed by atoms with Gasteiger partial charge in [-0.05, 0) is 40.5 Å². The van der Waals surface area contributed by atoms with Crippen molar-refractivity contribution in [3.63, 3.8) is 0 Å². The van der Waals surface area contributed by atoms with Crippen molar-refractivity contribution in [1.82, 2.24) is 0 Å². The van der Waals surface area contributed by atoms with Crippen LogP contribution in [0.4, 0.5) is 0 Å². The van der Waals surface area contributed by atoms with E-state index in [0.29, 0.717) is 12.8 Å². The zero-order valence-corrected chi connectivity index (χ0v) is 12.0. The normalized spacial score (nSPS) is 12.4. The molecule has 106 valence electrons. The minimum Gasteiger partial charge on any atom is -0.481 e. The Hall–Kier alpha value is -1.06. The molecule has 0 unspecified atom stereocenters. The topological polar surface area (TPSA) is 74.6 Å². The zero-order chi connectivity index (χ0) is 14.4. The Kier molecular flexibility index (Phi) is 6.36. The van der Waals surface area contributed by atoms with Crippen LogP contribution in [-0.2, 0) is 9.59 Å². The lowest BCUT2D eigenvalue weighted by atomic mass is 9.85. The number of carboxylic acid groups (broad SMARTS) is 2. The lowest BCUT2D eigenvalue weighted by Gasteiger charge is -2.20. The molecule has 0 fully saturated rings. The van der Waals surface area contributed by atoms with E-state index in [1.807, 2.05) is 0 Å². The molecule has 0 atom stereocenters. The van der Waals surface area contributed by atoms with Crippen molar-refractivity contribution in [2.24, 2.45) is 10.8 Å². The van der Waals surface area contributed by atoms with Crippen LogP contribution < -0.4 is 0 Å². The summed E-state index contributed by atoms with van der Waals surface area (Å²) in [5, 5.41) is 17.9. The Labute approximate surface area is 109 Å².